The fourth-order valence-electron chi connectivity index (χ4n) is 1.44. The second-order valence-corrected chi connectivity index (χ2v) is 4.93. The van der Waals surface area contributed by atoms with Gasteiger partial charge in [0.15, 0.2) is 0 Å². The van der Waals surface area contributed by atoms with Crippen LogP contribution in [0.2, 0.25) is 15.2 Å². The van der Waals surface area contributed by atoms with Crippen LogP contribution in [0.15, 0.2) is 6.07 Å². The molecule has 0 fully saturated rings. The van der Waals surface area contributed by atoms with Crippen LogP contribution in [0.4, 0.5) is 5.82 Å². The molecule has 1 rings (SSSR count). The molecule has 0 aliphatic carbocycles. The maximum atomic E-state index is 8.89. The highest BCUT2D eigenvalue weighted by Gasteiger charge is 2.10. The van der Waals surface area contributed by atoms with Gasteiger partial charge in [0.25, 0.3) is 0 Å². The average molecular weight is 298 g/mol. The van der Waals surface area contributed by atoms with Gasteiger partial charge in [-0.2, -0.15) is 0 Å². The zero-order chi connectivity index (χ0) is 12.8. The highest BCUT2D eigenvalue weighted by atomic mass is 35.5. The van der Waals surface area contributed by atoms with Crippen LogP contribution < -0.4 is 5.32 Å². The molecule has 2 N–H and O–H groups in total. The van der Waals surface area contributed by atoms with Gasteiger partial charge in [0.1, 0.15) is 11.0 Å². The summed E-state index contributed by atoms with van der Waals surface area (Å²) in [6.07, 6.45) is 1.73. The normalized spacial score (nSPS) is 12.5. The third-order valence-electron chi connectivity index (χ3n) is 2.56. The zero-order valence-electron chi connectivity index (χ0n) is 9.51. The summed E-state index contributed by atoms with van der Waals surface area (Å²) in [6.45, 7) is 2.95. The molecule has 1 atom stereocenters. The Bertz CT molecular complexity index is 374. The van der Waals surface area contributed by atoms with Gasteiger partial charge in [0, 0.05) is 13.2 Å². The Hall–Kier alpha value is -0.220. The van der Waals surface area contributed by atoms with Gasteiger partial charge < -0.3 is 10.4 Å². The number of aliphatic hydroxyl groups excluding tert-OH is 1. The van der Waals surface area contributed by atoms with Crippen molar-refractivity contribution in [2.75, 3.05) is 18.5 Å². The van der Waals surface area contributed by atoms with Crippen LogP contribution in [0, 0.1) is 5.92 Å². The lowest BCUT2D eigenvalue weighted by Gasteiger charge is -2.15. The van der Waals surface area contributed by atoms with E-state index in [1.807, 2.05) is 0 Å². The summed E-state index contributed by atoms with van der Waals surface area (Å²) in [5.74, 6) is 0.907. The van der Waals surface area contributed by atoms with Gasteiger partial charge in [-0.25, -0.2) is 4.98 Å². The highest BCUT2D eigenvalue weighted by molar-refractivity contribution is 6.42. The van der Waals surface area contributed by atoms with E-state index < -0.39 is 0 Å². The molecule has 0 aliphatic heterocycles. The van der Waals surface area contributed by atoms with Crippen molar-refractivity contribution in [3.8, 4) is 0 Å². The average Bonchev–Trinajstić information content (AvgIpc) is 2.30. The molecule has 0 saturated heterocycles. The van der Waals surface area contributed by atoms with E-state index in [9.17, 15) is 0 Å². The van der Waals surface area contributed by atoms with Crippen molar-refractivity contribution in [2.24, 2.45) is 5.92 Å². The molecule has 96 valence electrons. The van der Waals surface area contributed by atoms with Crippen LogP contribution in [0.5, 0.6) is 0 Å². The van der Waals surface area contributed by atoms with Gasteiger partial charge in [-0.1, -0.05) is 48.1 Å². The van der Waals surface area contributed by atoms with E-state index in [2.05, 4.69) is 17.2 Å². The number of anilines is 1. The lowest BCUT2D eigenvalue weighted by Crippen LogP contribution is -2.16. The van der Waals surface area contributed by atoms with Crippen molar-refractivity contribution in [1.82, 2.24) is 4.98 Å². The molecule has 3 nitrogen and oxygen atoms in total. The summed E-state index contributed by atoms with van der Waals surface area (Å²) in [4.78, 5) is 4.07. The number of hydrogen-bond donors (Lipinski definition) is 2. The quantitative estimate of drug-likeness (QED) is 0.784. The van der Waals surface area contributed by atoms with Gasteiger partial charge in [0.05, 0.1) is 10.0 Å². The van der Waals surface area contributed by atoms with Crippen molar-refractivity contribution in [3.05, 3.63) is 21.3 Å². The predicted octanol–water partition coefficient (Wildman–Crippen LogP) is 3.86. The van der Waals surface area contributed by atoms with Gasteiger partial charge in [-0.3, -0.25) is 0 Å². The molecular weight excluding hydrogens is 282 g/mol. The Morgan fingerprint density at radius 3 is 2.65 bits per heavy atom. The van der Waals surface area contributed by atoms with E-state index in [1.165, 1.54) is 0 Å². The summed E-state index contributed by atoms with van der Waals surface area (Å²) in [5, 5.41) is 13.0. The Labute approximate surface area is 116 Å². The molecule has 1 aromatic rings. The minimum absolute atomic E-state index is 0.183. The number of nitrogens with zero attached hydrogens (tertiary/aromatic N) is 1. The van der Waals surface area contributed by atoms with Gasteiger partial charge >= 0.3 is 0 Å². The number of nitrogens with one attached hydrogen (secondary N) is 1. The lowest BCUT2D eigenvalue weighted by molar-refractivity contribution is 0.258. The van der Waals surface area contributed by atoms with Gasteiger partial charge in [-0.15, -0.1) is 0 Å². The first-order chi connectivity index (χ1) is 8.08. The van der Waals surface area contributed by atoms with E-state index >= 15 is 0 Å². The molecule has 1 aromatic heterocycles. The summed E-state index contributed by atoms with van der Waals surface area (Å²) in [7, 11) is 0. The number of rotatable bonds is 6. The first-order valence-corrected chi connectivity index (χ1v) is 6.58. The van der Waals surface area contributed by atoms with Crippen LogP contribution in [0.3, 0.4) is 0 Å². The monoisotopic (exact) mass is 296 g/mol. The van der Waals surface area contributed by atoms with Crippen LogP contribution in [-0.2, 0) is 0 Å². The third-order valence-corrected chi connectivity index (χ3v) is 3.52. The first-order valence-electron chi connectivity index (χ1n) is 5.44. The molecule has 6 heteroatoms. The minimum Gasteiger partial charge on any atom is -0.396 e. The van der Waals surface area contributed by atoms with Crippen LogP contribution in [0.25, 0.3) is 0 Å². The standard InChI is InChI=1S/C11H15Cl3N2O/c1-2-7(3-4-17)6-15-11-9(13)5-8(12)10(14)16-11/h5,7,17H,2-4,6H2,1H3,(H,15,16). The molecule has 1 unspecified atom stereocenters. The molecule has 17 heavy (non-hydrogen) atoms. The Kier molecular flexibility index (Phi) is 6.34. The van der Waals surface area contributed by atoms with Crippen molar-refractivity contribution in [2.45, 2.75) is 19.8 Å². The number of pyridine rings is 1. The second kappa shape index (κ2) is 7.27. The van der Waals surface area contributed by atoms with Crippen molar-refractivity contribution >= 4 is 40.6 Å². The molecule has 0 aromatic carbocycles. The van der Waals surface area contributed by atoms with E-state index in [4.69, 9.17) is 39.9 Å². The number of aromatic nitrogens is 1. The topological polar surface area (TPSA) is 45.1 Å². The Morgan fingerprint density at radius 1 is 1.35 bits per heavy atom. The molecule has 0 bridgehead atoms. The predicted molar refractivity (Wildman–Crippen MR) is 73.2 cm³/mol. The van der Waals surface area contributed by atoms with E-state index in [0.717, 1.165) is 12.8 Å². The SMILES string of the molecule is CCC(CCO)CNc1nc(Cl)c(Cl)cc1Cl. The van der Waals surface area contributed by atoms with E-state index in [1.54, 1.807) is 6.07 Å². The highest BCUT2D eigenvalue weighted by Crippen LogP contribution is 2.29. The molecule has 1 heterocycles. The first kappa shape index (κ1) is 14.8. The minimum atomic E-state index is 0.183. The molecule has 0 saturated carbocycles. The van der Waals surface area contributed by atoms with Gasteiger partial charge in [0.2, 0.25) is 0 Å². The largest absolute Gasteiger partial charge is 0.396 e. The fourth-order valence-corrected chi connectivity index (χ4v) is 2.01. The second-order valence-electron chi connectivity index (χ2n) is 3.76. The maximum Gasteiger partial charge on any atom is 0.150 e. The molecule has 0 amide bonds. The Balaban J connectivity index is 2.65. The number of halogens is 3. The van der Waals surface area contributed by atoms with Crippen molar-refractivity contribution < 1.29 is 5.11 Å². The Morgan fingerprint density at radius 2 is 2.06 bits per heavy atom. The van der Waals surface area contributed by atoms with E-state index in [0.29, 0.717) is 28.3 Å². The third kappa shape index (κ3) is 4.51. The molecular formula is C11H15Cl3N2O. The number of hydrogen-bond acceptors (Lipinski definition) is 3. The summed E-state index contributed by atoms with van der Waals surface area (Å²) in [6, 6.07) is 1.56. The van der Waals surface area contributed by atoms with Gasteiger partial charge in [-0.05, 0) is 18.4 Å². The number of aliphatic hydroxyl groups is 1. The van der Waals surface area contributed by atoms with Crippen LogP contribution >= 0.6 is 34.8 Å². The molecule has 0 spiro atoms. The summed E-state index contributed by atoms with van der Waals surface area (Å²) < 4.78 is 0. The van der Waals surface area contributed by atoms with Crippen molar-refractivity contribution in [3.63, 3.8) is 0 Å². The van der Waals surface area contributed by atoms with Crippen LogP contribution in [-0.4, -0.2) is 23.2 Å². The lowest BCUT2D eigenvalue weighted by atomic mass is 10.0. The molecule has 0 radical (unpaired) electrons. The molecule has 0 aliphatic rings. The summed E-state index contributed by atoms with van der Waals surface area (Å²) >= 11 is 17.6. The zero-order valence-corrected chi connectivity index (χ0v) is 11.8. The maximum absolute atomic E-state index is 8.89. The smallest absolute Gasteiger partial charge is 0.150 e. The summed E-state index contributed by atoms with van der Waals surface area (Å²) in [5.41, 5.74) is 0. The van der Waals surface area contributed by atoms with Crippen LogP contribution in [0.1, 0.15) is 19.8 Å². The van der Waals surface area contributed by atoms with E-state index in [-0.39, 0.29) is 11.8 Å². The van der Waals surface area contributed by atoms with Crippen molar-refractivity contribution in [1.29, 1.82) is 0 Å². The fraction of sp³-hybridized carbons (Fsp3) is 0.545.